The summed E-state index contributed by atoms with van der Waals surface area (Å²) in [5.74, 6) is -1.79. The van der Waals surface area contributed by atoms with Crippen LogP contribution in [0.4, 0.5) is 4.79 Å². The van der Waals surface area contributed by atoms with Crippen LogP contribution in [0.1, 0.15) is 34.2 Å². The first-order valence-corrected chi connectivity index (χ1v) is 7.07. The Hall–Kier alpha value is -2.16. The zero-order valence-corrected chi connectivity index (χ0v) is 12.8. The lowest BCUT2D eigenvalue weighted by Gasteiger charge is -2.18. The van der Waals surface area contributed by atoms with Crippen molar-refractivity contribution in [3.05, 3.63) is 15.6 Å². The number of carbonyl (C=O) groups is 3. The van der Waals surface area contributed by atoms with Crippen molar-refractivity contribution in [2.45, 2.75) is 33.4 Å². The molecule has 1 heterocycles. The Balaban J connectivity index is 2.59. The Morgan fingerprint density at radius 1 is 1.38 bits per heavy atom. The summed E-state index contributed by atoms with van der Waals surface area (Å²) < 4.78 is 0. The lowest BCUT2D eigenvalue weighted by molar-refractivity contribution is -0.120. The van der Waals surface area contributed by atoms with Gasteiger partial charge in [0.25, 0.3) is 0 Å². The van der Waals surface area contributed by atoms with Crippen LogP contribution < -0.4 is 16.4 Å². The molecule has 9 heteroatoms. The third kappa shape index (κ3) is 4.71. The van der Waals surface area contributed by atoms with E-state index in [-0.39, 0.29) is 17.3 Å². The average molecular weight is 314 g/mol. The minimum Gasteiger partial charge on any atom is -0.477 e. The number of carbonyl (C=O) groups excluding carboxylic acids is 2. The third-order valence-electron chi connectivity index (χ3n) is 2.70. The lowest BCUT2D eigenvalue weighted by atomic mass is 10.0. The molecule has 0 aliphatic rings. The van der Waals surface area contributed by atoms with Gasteiger partial charge in [-0.3, -0.25) is 4.79 Å². The SMILES string of the molecule is Cc1nc(CNC(=O)NC(C(N)=O)C(C)C)sc1C(=O)O. The van der Waals surface area contributed by atoms with E-state index in [1.54, 1.807) is 20.8 Å². The lowest BCUT2D eigenvalue weighted by Crippen LogP contribution is -2.50. The normalized spacial score (nSPS) is 12.0. The standard InChI is InChI=1S/C12H18N4O4S/c1-5(2)8(10(13)17)16-12(20)14-4-7-15-6(3)9(21-7)11(18)19/h5,8H,4H2,1-3H3,(H2,13,17)(H,18,19)(H2,14,16,20). The topological polar surface area (TPSA) is 134 Å². The minimum atomic E-state index is -1.05. The van der Waals surface area contributed by atoms with E-state index in [2.05, 4.69) is 15.6 Å². The number of carboxylic acids is 1. The molecule has 21 heavy (non-hydrogen) atoms. The van der Waals surface area contributed by atoms with Gasteiger partial charge in [-0.2, -0.15) is 0 Å². The Morgan fingerprint density at radius 3 is 2.43 bits per heavy atom. The first-order valence-electron chi connectivity index (χ1n) is 6.25. The highest BCUT2D eigenvalue weighted by Crippen LogP contribution is 2.17. The van der Waals surface area contributed by atoms with Crippen LogP contribution in [0.5, 0.6) is 0 Å². The van der Waals surface area contributed by atoms with Crippen LogP contribution in [0.3, 0.4) is 0 Å². The maximum absolute atomic E-state index is 11.7. The fourth-order valence-corrected chi connectivity index (χ4v) is 2.48. The Morgan fingerprint density at radius 2 is 2.00 bits per heavy atom. The molecule has 1 atom stereocenters. The Bertz CT molecular complexity index is 555. The number of nitrogens with two attached hydrogens (primary N) is 1. The second-order valence-electron chi connectivity index (χ2n) is 4.78. The second-order valence-corrected chi connectivity index (χ2v) is 5.86. The molecule has 5 N–H and O–H groups in total. The van der Waals surface area contributed by atoms with Crippen LogP contribution in [0.25, 0.3) is 0 Å². The highest BCUT2D eigenvalue weighted by Gasteiger charge is 2.21. The number of aromatic carboxylic acids is 1. The van der Waals surface area contributed by atoms with E-state index in [0.29, 0.717) is 10.7 Å². The molecule has 0 bridgehead atoms. The largest absolute Gasteiger partial charge is 0.477 e. The van der Waals surface area contributed by atoms with Crippen LogP contribution in [0, 0.1) is 12.8 Å². The van der Waals surface area contributed by atoms with Gasteiger partial charge < -0.3 is 21.5 Å². The molecule has 8 nitrogen and oxygen atoms in total. The van der Waals surface area contributed by atoms with Gasteiger partial charge in [0.1, 0.15) is 15.9 Å². The van der Waals surface area contributed by atoms with Crippen molar-refractivity contribution in [3.8, 4) is 0 Å². The van der Waals surface area contributed by atoms with Gasteiger partial charge in [-0.1, -0.05) is 13.8 Å². The van der Waals surface area contributed by atoms with Gasteiger partial charge in [0.2, 0.25) is 5.91 Å². The van der Waals surface area contributed by atoms with E-state index in [0.717, 1.165) is 11.3 Å². The number of hydrogen-bond donors (Lipinski definition) is 4. The van der Waals surface area contributed by atoms with Crippen molar-refractivity contribution in [2.75, 3.05) is 0 Å². The number of aryl methyl sites for hydroxylation is 1. The molecule has 1 aromatic heterocycles. The minimum absolute atomic E-state index is 0.0776. The number of urea groups is 1. The first-order chi connectivity index (χ1) is 9.72. The summed E-state index contributed by atoms with van der Waals surface area (Å²) in [5.41, 5.74) is 5.60. The van der Waals surface area contributed by atoms with E-state index < -0.39 is 23.9 Å². The van der Waals surface area contributed by atoms with Gasteiger partial charge in [0, 0.05) is 0 Å². The zero-order chi connectivity index (χ0) is 16.2. The fraction of sp³-hybridized carbons (Fsp3) is 0.500. The number of thiazole rings is 1. The van der Waals surface area contributed by atoms with Crippen LogP contribution in [0.2, 0.25) is 0 Å². The summed E-state index contributed by atoms with van der Waals surface area (Å²) in [7, 11) is 0. The van der Waals surface area contributed by atoms with E-state index in [9.17, 15) is 14.4 Å². The fourth-order valence-electron chi connectivity index (χ4n) is 1.64. The number of rotatable bonds is 6. The number of nitrogens with zero attached hydrogens (tertiary/aromatic N) is 1. The maximum Gasteiger partial charge on any atom is 0.347 e. The number of nitrogens with one attached hydrogen (secondary N) is 2. The molecule has 0 aliphatic heterocycles. The second kappa shape index (κ2) is 7.02. The molecule has 0 saturated carbocycles. The summed E-state index contributed by atoms with van der Waals surface area (Å²) in [5, 5.41) is 14.4. The summed E-state index contributed by atoms with van der Waals surface area (Å²) in [4.78, 5) is 38.0. The van der Waals surface area contributed by atoms with Gasteiger partial charge >= 0.3 is 12.0 Å². The van der Waals surface area contributed by atoms with Crippen molar-refractivity contribution >= 4 is 29.2 Å². The quantitative estimate of drug-likeness (QED) is 0.605. The van der Waals surface area contributed by atoms with Crippen LogP contribution >= 0.6 is 11.3 Å². The highest BCUT2D eigenvalue weighted by atomic mass is 32.1. The van der Waals surface area contributed by atoms with Crippen LogP contribution in [0.15, 0.2) is 0 Å². The van der Waals surface area contributed by atoms with Crippen molar-refractivity contribution < 1.29 is 19.5 Å². The average Bonchev–Trinajstić information content (AvgIpc) is 2.74. The third-order valence-corrected chi connectivity index (χ3v) is 3.84. The number of aromatic nitrogens is 1. The molecular formula is C12H18N4O4S. The summed E-state index contributed by atoms with van der Waals surface area (Å²) >= 11 is 0.996. The molecule has 116 valence electrons. The van der Waals surface area contributed by atoms with E-state index in [1.807, 2.05) is 0 Å². The summed E-state index contributed by atoms with van der Waals surface area (Å²) in [6.45, 7) is 5.19. The predicted molar refractivity (Wildman–Crippen MR) is 77.0 cm³/mol. The number of carboxylic acid groups (broad SMARTS) is 1. The molecule has 0 fully saturated rings. The molecule has 0 spiro atoms. The monoisotopic (exact) mass is 314 g/mol. The summed E-state index contributed by atoms with van der Waals surface area (Å²) in [6, 6.07) is -1.32. The first kappa shape index (κ1) is 16.9. The van der Waals surface area contributed by atoms with Crippen LogP contribution in [-0.4, -0.2) is 34.0 Å². The van der Waals surface area contributed by atoms with Gasteiger partial charge in [0.05, 0.1) is 12.2 Å². The molecule has 1 rings (SSSR count). The van der Waals surface area contributed by atoms with Crippen molar-refractivity contribution in [2.24, 2.45) is 11.7 Å². The molecule has 0 saturated heterocycles. The molecule has 0 aromatic carbocycles. The highest BCUT2D eigenvalue weighted by molar-refractivity contribution is 7.13. The van der Waals surface area contributed by atoms with E-state index >= 15 is 0 Å². The van der Waals surface area contributed by atoms with Gasteiger partial charge in [-0.25, -0.2) is 14.6 Å². The smallest absolute Gasteiger partial charge is 0.347 e. The maximum atomic E-state index is 11.7. The number of primary amides is 1. The predicted octanol–water partition coefficient (Wildman–Crippen LogP) is 0.459. The molecule has 0 radical (unpaired) electrons. The summed E-state index contributed by atoms with van der Waals surface area (Å²) in [6.07, 6.45) is 0. The Labute approximate surface area is 125 Å². The van der Waals surface area contributed by atoms with E-state index in [1.165, 1.54) is 0 Å². The Kier molecular flexibility index (Phi) is 5.65. The number of hydrogen-bond acceptors (Lipinski definition) is 5. The molecule has 3 amide bonds. The van der Waals surface area contributed by atoms with E-state index in [4.69, 9.17) is 10.8 Å². The van der Waals surface area contributed by atoms with Gasteiger partial charge in [0.15, 0.2) is 0 Å². The zero-order valence-electron chi connectivity index (χ0n) is 12.0. The van der Waals surface area contributed by atoms with Gasteiger partial charge in [-0.05, 0) is 12.8 Å². The molecule has 1 aromatic rings. The van der Waals surface area contributed by atoms with Crippen LogP contribution in [-0.2, 0) is 11.3 Å². The molecule has 0 aliphatic carbocycles. The number of amides is 3. The van der Waals surface area contributed by atoms with Crippen molar-refractivity contribution in [1.29, 1.82) is 0 Å². The van der Waals surface area contributed by atoms with Crippen molar-refractivity contribution in [3.63, 3.8) is 0 Å². The molecular weight excluding hydrogens is 296 g/mol. The molecule has 1 unspecified atom stereocenters. The van der Waals surface area contributed by atoms with Crippen molar-refractivity contribution in [1.82, 2.24) is 15.6 Å². The van der Waals surface area contributed by atoms with Gasteiger partial charge in [-0.15, -0.1) is 11.3 Å².